The highest BCUT2D eigenvalue weighted by molar-refractivity contribution is 6.49. The standard InChI is InChI=1S/C12H22N2O3.C10H16BNO4/c1-6(2)14-11(15)7-5-8(13)10-9(7)16-12(3,4)17-10;1-10(2)15-7-5-4-6(8(7)16-10)12(9(5)13)11(3)14/h6-10H,5,13H2,1-4H3,(H,14,15);5-8,14H,4H2,1-3H3/t7-,8+,9+,10-;/m0./s1. The van der Waals surface area contributed by atoms with Crippen LogP contribution in [0.3, 0.4) is 0 Å². The molecule has 8 atom stereocenters. The van der Waals surface area contributed by atoms with Gasteiger partial charge in [-0.2, -0.15) is 0 Å². The zero-order valence-corrected chi connectivity index (χ0v) is 20.6. The van der Waals surface area contributed by atoms with Crippen LogP contribution in [0.25, 0.3) is 0 Å². The summed E-state index contributed by atoms with van der Waals surface area (Å²) in [5.41, 5.74) is 6.02. The topological polar surface area (TPSA) is 133 Å². The Hall–Kier alpha value is -1.24. The summed E-state index contributed by atoms with van der Waals surface area (Å²) < 4.78 is 23.1. The van der Waals surface area contributed by atoms with E-state index in [2.05, 4.69) is 5.32 Å². The summed E-state index contributed by atoms with van der Waals surface area (Å²) in [5.74, 6) is -1.55. The third-order valence-corrected chi connectivity index (χ3v) is 7.04. The summed E-state index contributed by atoms with van der Waals surface area (Å²) in [7, 11) is -0.740. The normalized spacial score (nSPS) is 41.6. The highest BCUT2D eigenvalue weighted by atomic mass is 16.8. The Morgan fingerprint density at radius 1 is 1.06 bits per heavy atom. The zero-order chi connectivity index (χ0) is 24.5. The maximum absolute atomic E-state index is 12.1. The first-order valence-electron chi connectivity index (χ1n) is 12.0. The van der Waals surface area contributed by atoms with Gasteiger partial charge in [-0.1, -0.05) is 0 Å². The minimum absolute atomic E-state index is 0.00236. The molecule has 33 heavy (non-hydrogen) atoms. The predicted molar refractivity (Wildman–Crippen MR) is 120 cm³/mol. The number of ether oxygens (including phenoxy) is 4. The Bertz CT molecular complexity index is 792. The van der Waals surface area contributed by atoms with Crippen molar-refractivity contribution in [3.63, 3.8) is 0 Å². The third kappa shape index (κ3) is 4.55. The molecular weight excluding hydrogens is 429 g/mol. The number of carbonyl (C=O) groups excluding carboxylic acids is 2. The number of rotatable bonds is 3. The Labute approximate surface area is 195 Å². The molecule has 2 bridgehead atoms. The highest BCUT2D eigenvalue weighted by Gasteiger charge is 2.64. The monoisotopic (exact) mass is 467 g/mol. The number of hydrogen-bond donors (Lipinski definition) is 3. The van der Waals surface area contributed by atoms with Gasteiger partial charge >= 0.3 is 7.05 Å². The lowest BCUT2D eigenvalue weighted by atomic mass is 9.81. The van der Waals surface area contributed by atoms with E-state index in [0.717, 1.165) is 6.42 Å². The molecule has 3 aliphatic heterocycles. The minimum atomic E-state index is -0.740. The van der Waals surface area contributed by atoms with E-state index in [1.54, 1.807) is 6.82 Å². The fourth-order valence-electron chi connectivity index (χ4n) is 5.95. The maximum Gasteiger partial charge on any atom is 0.412 e. The molecule has 0 aromatic heterocycles. The molecule has 2 saturated carbocycles. The van der Waals surface area contributed by atoms with Crippen molar-refractivity contribution in [2.45, 2.75) is 115 Å². The molecular formula is C22H38BN3O7. The molecule has 5 fully saturated rings. The van der Waals surface area contributed by atoms with Crippen molar-refractivity contribution < 1.29 is 33.6 Å². The van der Waals surface area contributed by atoms with Crippen LogP contribution in [0.1, 0.15) is 54.4 Å². The largest absolute Gasteiger partial charge is 0.432 e. The van der Waals surface area contributed by atoms with Crippen LogP contribution in [-0.4, -0.2) is 82.8 Å². The van der Waals surface area contributed by atoms with E-state index in [1.165, 1.54) is 4.81 Å². The molecule has 2 amide bonds. The number of hydrogen-bond acceptors (Lipinski definition) is 8. The molecule has 10 nitrogen and oxygen atoms in total. The van der Waals surface area contributed by atoms with Gasteiger partial charge in [-0.15, -0.1) is 0 Å². The first kappa shape index (κ1) is 24.9. The van der Waals surface area contributed by atoms with Crippen molar-refractivity contribution >= 4 is 18.9 Å². The van der Waals surface area contributed by atoms with Gasteiger partial charge < -0.3 is 39.8 Å². The second-order valence-electron chi connectivity index (χ2n) is 11.1. The molecule has 4 N–H and O–H groups in total. The minimum Gasteiger partial charge on any atom is -0.432 e. The molecule has 4 unspecified atom stereocenters. The van der Waals surface area contributed by atoms with Crippen molar-refractivity contribution in [1.29, 1.82) is 0 Å². The van der Waals surface area contributed by atoms with Crippen LogP contribution in [0, 0.1) is 11.8 Å². The fraction of sp³-hybridized carbons (Fsp3) is 0.909. The van der Waals surface area contributed by atoms with Crippen LogP contribution in [0.4, 0.5) is 0 Å². The third-order valence-electron chi connectivity index (χ3n) is 7.04. The molecule has 5 rings (SSSR count). The van der Waals surface area contributed by atoms with Crippen molar-refractivity contribution in [2.24, 2.45) is 17.6 Å². The van der Waals surface area contributed by atoms with Crippen LogP contribution in [0.2, 0.25) is 6.82 Å². The lowest BCUT2D eigenvalue weighted by Gasteiger charge is -2.33. The Kier molecular flexibility index (Phi) is 6.38. The van der Waals surface area contributed by atoms with Crippen LogP contribution in [-0.2, 0) is 28.5 Å². The summed E-state index contributed by atoms with van der Waals surface area (Å²) in [6.45, 7) is 12.9. The number of nitrogens with two attached hydrogens (primary N) is 1. The highest BCUT2D eigenvalue weighted by Crippen LogP contribution is 2.48. The smallest absolute Gasteiger partial charge is 0.412 e. The van der Waals surface area contributed by atoms with E-state index in [-0.39, 0.29) is 66.2 Å². The molecule has 0 aromatic rings. The number of fused-ring (bicyclic) bond motifs is 6. The van der Waals surface area contributed by atoms with Gasteiger partial charge in [0.15, 0.2) is 11.6 Å². The molecule has 3 heterocycles. The van der Waals surface area contributed by atoms with E-state index < -0.39 is 18.6 Å². The number of amides is 2. The Morgan fingerprint density at radius 3 is 2.18 bits per heavy atom. The summed E-state index contributed by atoms with van der Waals surface area (Å²) >= 11 is 0. The van der Waals surface area contributed by atoms with Crippen molar-refractivity contribution in [3.05, 3.63) is 0 Å². The van der Waals surface area contributed by atoms with Crippen LogP contribution < -0.4 is 11.1 Å². The van der Waals surface area contributed by atoms with Gasteiger partial charge in [0.05, 0.1) is 17.9 Å². The second kappa shape index (κ2) is 8.46. The van der Waals surface area contributed by atoms with Gasteiger partial charge in [-0.05, 0) is 61.2 Å². The van der Waals surface area contributed by atoms with Gasteiger partial charge in [0.25, 0.3) is 0 Å². The summed E-state index contributed by atoms with van der Waals surface area (Å²) in [4.78, 5) is 25.6. The lowest BCUT2D eigenvalue weighted by Crippen LogP contribution is -2.55. The zero-order valence-electron chi connectivity index (χ0n) is 20.6. The van der Waals surface area contributed by atoms with Crippen LogP contribution in [0.15, 0.2) is 0 Å². The predicted octanol–water partition coefficient (Wildman–Crippen LogP) is 0.226. The van der Waals surface area contributed by atoms with E-state index >= 15 is 0 Å². The van der Waals surface area contributed by atoms with Crippen LogP contribution in [0.5, 0.6) is 0 Å². The number of carbonyl (C=O) groups is 2. The summed E-state index contributed by atoms with van der Waals surface area (Å²) in [6, 6.07) is -0.0120. The molecule has 186 valence electrons. The number of piperidine rings is 1. The van der Waals surface area contributed by atoms with Crippen molar-refractivity contribution in [3.8, 4) is 0 Å². The average Bonchev–Trinajstić information content (AvgIpc) is 3.40. The fourth-order valence-corrected chi connectivity index (χ4v) is 5.95. The number of nitrogens with one attached hydrogen (secondary N) is 1. The molecule has 2 aliphatic carbocycles. The maximum atomic E-state index is 12.1. The van der Waals surface area contributed by atoms with Crippen LogP contribution >= 0.6 is 0 Å². The van der Waals surface area contributed by atoms with Gasteiger partial charge in [-0.3, -0.25) is 9.59 Å². The molecule has 0 spiro atoms. The number of nitrogens with zero attached hydrogens (tertiary/aromatic N) is 1. The molecule has 0 radical (unpaired) electrons. The molecule has 3 saturated heterocycles. The van der Waals surface area contributed by atoms with Gasteiger partial charge in [0, 0.05) is 12.1 Å². The van der Waals surface area contributed by atoms with Gasteiger partial charge in [0.2, 0.25) is 11.8 Å². The average molecular weight is 467 g/mol. The molecule has 0 aromatic carbocycles. The van der Waals surface area contributed by atoms with E-state index in [1.807, 2.05) is 41.5 Å². The van der Waals surface area contributed by atoms with E-state index in [9.17, 15) is 14.6 Å². The van der Waals surface area contributed by atoms with Gasteiger partial charge in [0.1, 0.15) is 24.4 Å². The molecule has 5 aliphatic rings. The quantitative estimate of drug-likeness (QED) is 0.503. The Morgan fingerprint density at radius 2 is 1.61 bits per heavy atom. The van der Waals surface area contributed by atoms with Gasteiger partial charge in [-0.25, -0.2) is 0 Å². The van der Waals surface area contributed by atoms with E-state index in [0.29, 0.717) is 6.42 Å². The van der Waals surface area contributed by atoms with Crippen molar-refractivity contribution in [2.75, 3.05) is 0 Å². The Balaban J connectivity index is 0.000000157. The lowest BCUT2D eigenvalue weighted by molar-refractivity contribution is -0.161. The summed E-state index contributed by atoms with van der Waals surface area (Å²) in [5, 5.41) is 12.5. The SMILES string of the molecule is CB(O)N1C(=O)C2CC1C1OC(C)(C)OC21.CC(C)NC(=O)[C@H]1C[C@@H](N)[C@@H]2OC(C)(C)O[C@@H]21. The molecule has 11 heteroatoms. The summed E-state index contributed by atoms with van der Waals surface area (Å²) in [6.07, 6.45) is 0.806. The first-order valence-corrected chi connectivity index (χ1v) is 12.0. The van der Waals surface area contributed by atoms with E-state index in [4.69, 9.17) is 24.7 Å². The second-order valence-corrected chi connectivity index (χ2v) is 11.1. The first-order chi connectivity index (χ1) is 15.2. The van der Waals surface area contributed by atoms with Crippen molar-refractivity contribution in [1.82, 2.24) is 10.1 Å².